The summed E-state index contributed by atoms with van der Waals surface area (Å²) in [5.74, 6) is 2.42. The van der Waals surface area contributed by atoms with E-state index in [-0.39, 0.29) is 11.8 Å². The minimum Gasteiger partial charge on any atom is -0.381 e. The number of likely N-dealkylation sites (tertiary alicyclic amines) is 1. The van der Waals surface area contributed by atoms with E-state index in [0.29, 0.717) is 18.2 Å². The van der Waals surface area contributed by atoms with Gasteiger partial charge in [0.05, 0.1) is 0 Å². The predicted molar refractivity (Wildman–Crippen MR) is 80.4 cm³/mol. The molecule has 0 bridgehead atoms. The van der Waals surface area contributed by atoms with Crippen LogP contribution in [0.1, 0.15) is 56.7 Å². The largest absolute Gasteiger partial charge is 0.381 e. The van der Waals surface area contributed by atoms with Gasteiger partial charge in [-0.2, -0.15) is 4.98 Å². The molecule has 6 nitrogen and oxygen atoms in total. The van der Waals surface area contributed by atoms with E-state index in [2.05, 4.69) is 10.1 Å². The highest BCUT2D eigenvalue weighted by atomic mass is 16.5. The summed E-state index contributed by atoms with van der Waals surface area (Å²) >= 11 is 0. The van der Waals surface area contributed by atoms with Crippen LogP contribution in [0.15, 0.2) is 4.52 Å². The van der Waals surface area contributed by atoms with Crippen LogP contribution in [0.2, 0.25) is 0 Å². The van der Waals surface area contributed by atoms with Crippen molar-refractivity contribution in [1.82, 2.24) is 15.0 Å². The summed E-state index contributed by atoms with van der Waals surface area (Å²) in [7, 11) is 0. The number of hydrogen-bond donors (Lipinski definition) is 0. The Labute approximate surface area is 131 Å². The van der Waals surface area contributed by atoms with Crippen LogP contribution in [0.25, 0.3) is 0 Å². The lowest BCUT2D eigenvalue weighted by molar-refractivity contribution is -0.134. The number of nitrogens with zero attached hydrogens (tertiary/aromatic N) is 3. The molecule has 6 heteroatoms. The number of hydrogen-bond acceptors (Lipinski definition) is 5. The normalized spacial score (nSPS) is 23.7. The highest BCUT2D eigenvalue weighted by Crippen LogP contribution is 2.27. The van der Waals surface area contributed by atoms with E-state index >= 15 is 0 Å². The second-order valence-corrected chi connectivity index (χ2v) is 6.34. The van der Waals surface area contributed by atoms with Gasteiger partial charge >= 0.3 is 0 Å². The van der Waals surface area contributed by atoms with Crippen molar-refractivity contribution in [3.05, 3.63) is 11.7 Å². The molecular formula is C16H25N3O3. The maximum Gasteiger partial charge on any atom is 0.226 e. The predicted octanol–water partition coefficient (Wildman–Crippen LogP) is 2.15. The number of rotatable bonds is 4. The summed E-state index contributed by atoms with van der Waals surface area (Å²) in [6, 6.07) is 0. The van der Waals surface area contributed by atoms with Gasteiger partial charge in [0.1, 0.15) is 0 Å². The topological polar surface area (TPSA) is 68.5 Å². The first-order valence-electron chi connectivity index (χ1n) is 8.44. The Morgan fingerprint density at radius 1 is 1.32 bits per heavy atom. The maximum atomic E-state index is 12.5. The Kier molecular flexibility index (Phi) is 5.08. The molecule has 1 amide bonds. The lowest BCUT2D eigenvalue weighted by Gasteiger charge is -2.33. The zero-order chi connectivity index (χ0) is 15.4. The monoisotopic (exact) mass is 307 g/mol. The van der Waals surface area contributed by atoms with Crippen LogP contribution in [0.5, 0.6) is 0 Å². The van der Waals surface area contributed by atoms with Crippen molar-refractivity contribution in [3.63, 3.8) is 0 Å². The van der Waals surface area contributed by atoms with Crippen molar-refractivity contribution < 1.29 is 14.1 Å². The summed E-state index contributed by atoms with van der Waals surface area (Å²) in [6.45, 7) is 5.18. The fourth-order valence-electron chi connectivity index (χ4n) is 3.32. The van der Waals surface area contributed by atoms with Crippen molar-refractivity contribution in [2.24, 2.45) is 5.92 Å². The van der Waals surface area contributed by atoms with E-state index in [1.165, 1.54) is 0 Å². The van der Waals surface area contributed by atoms with Crippen molar-refractivity contribution in [3.8, 4) is 0 Å². The zero-order valence-electron chi connectivity index (χ0n) is 13.3. The molecule has 2 aliphatic rings. The highest BCUT2D eigenvalue weighted by molar-refractivity contribution is 5.76. The minimum absolute atomic E-state index is 0.219. The fourth-order valence-corrected chi connectivity index (χ4v) is 3.32. The fraction of sp³-hybridized carbons (Fsp3) is 0.812. The number of carbonyl (C=O) groups is 1. The molecule has 1 aromatic heterocycles. The van der Waals surface area contributed by atoms with E-state index in [1.54, 1.807) is 0 Å². The Bertz CT molecular complexity index is 497. The number of piperidine rings is 1. The number of aromatic nitrogens is 2. The lowest BCUT2D eigenvalue weighted by atomic mass is 9.93. The highest BCUT2D eigenvalue weighted by Gasteiger charge is 2.29. The van der Waals surface area contributed by atoms with E-state index < -0.39 is 0 Å². The number of aryl methyl sites for hydroxylation is 1. The molecule has 3 rings (SSSR count). The van der Waals surface area contributed by atoms with E-state index in [0.717, 1.165) is 64.2 Å². The van der Waals surface area contributed by atoms with Gasteiger partial charge in [-0.3, -0.25) is 4.79 Å². The Hall–Kier alpha value is -1.43. The molecule has 1 atom stereocenters. The average Bonchev–Trinajstić information content (AvgIpc) is 3.05. The van der Waals surface area contributed by atoms with Crippen LogP contribution >= 0.6 is 0 Å². The van der Waals surface area contributed by atoms with Gasteiger partial charge in [0.2, 0.25) is 11.8 Å². The smallest absolute Gasteiger partial charge is 0.226 e. The molecule has 0 saturated carbocycles. The Morgan fingerprint density at radius 2 is 2.14 bits per heavy atom. The number of ether oxygens (including phenoxy) is 1. The summed E-state index contributed by atoms with van der Waals surface area (Å²) in [5, 5.41) is 4.08. The van der Waals surface area contributed by atoms with Crippen molar-refractivity contribution in [2.45, 2.75) is 51.4 Å². The second-order valence-electron chi connectivity index (χ2n) is 6.34. The first-order valence-corrected chi connectivity index (χ1v) is 8.44. The molecule has 3 heterocycles. The van der Waals surface area contributed by atoms with Crippen molar-refractivity contribution in [2.75, 3.05) is 26.3 Å². The molecular weight excluding hydrogens is 282 g/mol. The SMILES string of the molecule is CCc1nc([C@H]2CCCN(C(=O)CC3CCOCC3)C2)no1. The van der Waals surface area contributed by atoms with Crippen LogP contribution in [0, 0.1) is 5.92 Å². The molecule has 0 aromatic carbocycles. The molecule has 2 fully saturated rings. The Balaban J connectivity index is 1.56. The van der Waals surface area contributed by atoms with Gasteiger partial charge in [0, 0.05) is 45.1 Å². The third kappa shape index (κ3) is 3.66. The third-order valence-corrected chi connectivity index (χ3v) is 4.73. The molecule has 2 aliphatic heterocycles. The van der Waals surface area contributed by atoms with Gasteiger partial charge in [0.25, 0.3) is 0 Å². The van der Waals surface area contributed by atoms with Crippen LogP contribution in [-0.4, -0.2) is 47.3 Å². The first kappa shape index (κ1) is 15.5. The lowest BCUT2D eigenvalue weighted by Crippen LogP contribution is -2.40. The molecule has 0 spiro atoms. The average molecular weight is 307 g/mol. The first-order chi connectivity index (χ1) is 10.8. The summed E-state index contributed by atoms with van der Waals surface area (Å²) in [5.41, 5.74) is 0. The molecule has 22 heavy (non-hydrogen) atoms. The summed E-state index contributed by atoms with van der Waals surface area (Å²) in [4.78, 5) is 18.9. The molecule has 0 unspecified atom stereocenters. The molecule has 0 aliphatic carbocycles. The Morgan fingerprint density at radius 3 is 2.86 bits per heavy atom. The standard InChI is InChI=1S/C16H25N3O3/c1-2-14-17-16(18-22-14)13-4-3-7-19(11-13)15(20)10-12-5-8-21-9-6-12/h12-13H,2-11H2,1H3/t13-/m0/s1. The van der Waals surface area contributed by atoms with Crippen LogP contribution in [0.3, 0.4) is 0 Å². The van der Waals surface area contributed by atoms with Gasteiger partial charge in [-0.15, -0.1) is 0 Å². The van der Waals surface area contributed by atoms with Gasteiger partial charge < -0.3 is 14.2 Å². The van der Waals surface area contributed by atoms with Gasteiger partial charge in [-0.1, -0.05) is 12.1 Å². The van der Waals surface area contributed by atoms with Gasteiger partial charge in [-0.25, -0.2) is 0 Å². The molecule has 122 valence electrons. The van der Waals surface area contributed by atoms with Gasteiger partial charge in [0.15, 0.2) is 5.82 Å². The number of carbonyl (C=O) groups excluding carboxylic acids is 1. The quantitative estimate of drug-likeness (QED) is 0.852. The minimum atomic E-state index is 0.219. The molecule has 1 aromatic rings. The third-order valence-electron chi connectivity index (χ3n) is 4.73. The summed E-state index contributed by atoms with van der Waals surface area (Å²) < 4.78 is 10.6. The van der Waals surface area contributed by atoms with E-state index in [1.807, 2.05) is 11.8 Å². The maximum absolute atomic E-state index is 12.5. The molecule has 0 radical (unpaired) electrons. The van der Waals surface area contributed by atoms with E-state index in [9.17, 15) is 4.79 Å². The van der Waals surface area contributed by atoms with Crippen molar-refractivity contribution >= 4 is 5.91 Å². The molecule has 0 N–H and O–H groups in total. The summed E-state index contributed by atoms with van der Waals surface area (Å²) in [6.07, 6.45) is 5.47. The van der Waals surface area contributed by atoms with E-state index in [4.69, 9.17) is 9.26 Å². The zero-order valence-corrected chi connectivity index (χ0v) is 13.3. The second kappa shape index (κ2) is 7.22. The van der Waals surface area contributed by atoms with Gasteiger partial charge in [-0.05, 0) is 31.6 Å². The van der Waals surface area contributed by atoms with Crippen LogP contribution in [-0.2, 0) is 16.0 Å². The van der Waals surface area contributed by atoms with Crippen molar-refractivity contribution in [1.29, 1.82) is 0 Å². The van der Waals surface area contributed by atoms with Crippen LogP contribution in [0.4, 0.5) is 0 Å². The number of amides is 1. The molecule has 2 saturated heterocycles. The van der Waals surface area contributed by atoms with Crippen LogP contribution < -0.4 is 0 Å².